The van der Waals surface area contributed by atoms with Crippen LogP contribution in [0.4, 0.5) is 17.6 Å². The number of halogens is 4. The molecular weight excluding hydrogens is 438 g/mol. The first-order chi connectivity index (χ1) is 15.5. The van der Waals surface area contributed by atoms with Crippen LogP contribution in [-0.4, -0.2) is 21.8 Å². The normalized spacial score (nSPS) is 17.5. The number of amides is 1. The Bertz CT molecular complexity index is 1220. The summed E-state index contributed by atoms with van der Waals surface area (Å²) < 4.78 is 52.6. The van der Waals surface area contributed by atoms with E-state index in [9.17, 15) is 27.2 Å². The molecule has 0 aliphatic heterocycles. The maximum atomic E-state index is 13.6. The molecule has 0 bridgehead atoms. The molecular formula is C24H25F4N3O2. The Morgan fingerprint density at radius 1 is 1.24 bits per heavy atom. The van der Waals surface area contributed by atoms with Gasteiger partial charge in [-0.1, -0.05) is 26.0 Å². The highest BCUT2D eigenvalue weighted by atomic mass is 19.3. The number of hydrogen-bond acceptors (Lipinski definition) is 3. The molecule has 2 aromatic heterocycles. The summed E-state index contributed by atoms with van der Waals surface area (Å²) in [4.78, 5) is 30.4. The molecule has 1 aliphatic rings. The molecule has 176 valence electrons. The van der Waals surface area contributed by atoms with Gasteiger partial charge in [-0.15, -0.1) is 0 Å². The van der Waals surface area contributed by atoms with Gasteiger partial charge in [-0.05, 0) is 36.5 Å². The summed E-state index contributed by atoms with van der Waals surface area (Å²) in [5.41, 5.74) is 5.96. The van der Waals surface area contributed by atoms with E-state index in [1.165, 1.54) is 24.4 Å². The maximum Gasteiger partial charge on any atom is 0.268 e. The summed E-state index contributed by atoms with van der Waals surface area (Å²) in [6, 6.07) is 7.06. The van der Waals surface area contributed by atoms with Crippen LogP contribution in [0.15, 0.2) is 41.3 Å². The zero-order valence-electron chi connectivity index (χ0n) is 18.3. The van der Waals surface area contributed by atoms with Gasteiger partial charge in [0.05, 0.1) is 10.9 Å². The van der Waals surface area contributed by atoms with Crippen molar-refractivity contribution < 1.29 is 22.4 Å². The summed E-state index contributed by atoms with van der Waals surface area (Å²) in [5, 5.41) is 0.0984. The third-order valence-electron chi connectivity index (χ3n) is 5.68. The third-order valence-corrected chi connectivity index (χ3v) is 5.68. The van der Waals surface area contributed by atoms with Crippen molar-refractivity contribution in [3.05, 3.63) is 75.3 Å². The zero-order chi connectivity index (χ0) is 24.3. The van der Waals surface area contributed by atoms with Crippen LogP contribution in [-0.2, 0) is 0 Å². The van der Waals surface area contributed by atoms with Crippen molar-refractivity contribution in [1.29, 1.82) is 0 Å². The lowest BCUT2D eigenvalue weighted by Gasteiger charge is -2.29. The molecule has 3 aromatic rings. The number of nitrogens with one attached hydrogen (secondary N) is 1. The van der Waals surface area contributed by atoms with Gasteiger partial charge < -0.3 is 10.7 Å². The average Bonchev–Trinajstić information content (AvgIpc) is 2.74. The molecule has 1 atom stereocenters. The highest BCUT2D eigenvalue weighted by Crippen LogP contribution is 2.41. The molecule has 1 aromatic carbocycles. The molecule has 2 heterocycles. The summed E-state index contributed by atoms with van der Waals surface area (Å²) >= 11 is 0. The van der Waals surface area contributed by atoms with E-state index in [1.54, 1.807) is 6.07 Å². The number of pyridine rings is 2. The Hall–Kier alpha value is -3.23. The number of benzene rings is 1. The Morgan fingerprint density at radius 3 is 2.58 bits per heavy atom. The van der Waals surface area contributed by atoms with E-state index in [1.807, 2.05) is 13.8 Å². The summed E-state index contributed by atoms with van der Waals surface area (Å²) in [6.07, 6.45) is 1.99. The standard InChI is InChI=1S/C15H15F2N3O2.C9H10F2/c16-15(17)4-1-2-8(7-15)10-6-11(21)12-9(20-10)3-5-19-13(12)14(18)22;1-6(2)7-4-3-5-8(10)9(7)11/h3,5-6,8H,1-2,4,7H2,(H2,18,22)(H,20,21);3-6H,1-2H3/t8-;/m0./s1. The number of aromatic nitrogens is 2. The maximum absolute atomic E-state index is 13.6. The van der Waals surface area contributed by atoms with Gasteiger partial charge in [0, 0.05) is 36.7 Å². The molecule has 4 rings (SSSR count). The van der Waals surface area contributed by atoms with Gasteiger partial charge in [0.1, 0.15) is 5.69 Å². The number of primary amides is 1. The monoisotopic (exact) mass is 463 g/mol. The SMILES string of the molecule is CC(C)c1cccc(F)c1F.NC(=O)c1nccc2[nH]c([C@H]3CCCC(F)(F)C3)cc(=O)c12. The first kappa shape index (κ1) is 24.4. The lowest BCUT2D eigenvalue weighted by Crippen LogP contribution is -2.26. The second kappa shape index (κ2) is 9.72. The van der Waals surface area contributed by atoms with Crippen LogP contribution in [0.1, 0.15) is 73.1 Å². The van der Waals surface area contributed by atoms with Crippen LogP contribution >= 0.6 is 0 Å². The van der Waals surface area contributed by atoms with Gasteiger partial charge in [-0.25, -0.2) is 17.6 Å². The van der Waals surface area contributed by atoms with Crippen LogP contribution in [0.5, 0.6) is 0 Å². The highest BCUT2D eigenvalue weighted by molar-refractivity contribution is 6.03. The zero-order valence-corrected chi connectivity index (χ0v) is 18.3. The number of alkyl halides is 2. The van der Waals surface area contributed by atoms with Crippen LogP contribution in [0.2, 0.25) is 0 Å². The van der Waals surface area contributed by atoms with E-state index in [-0.39, 0.29) is 29.8 Å². The Balaban J connectivity index is 0.000000235. The van der Waals surface area contributed by atoms with Crippen LogP contribution in [0.3, 0.4) is 0 Å². The van der Waals surface area contributed by atoms with Crippen molar-refractivity contribution in [3.8, 4) is 0 Å². The number of carbonyl (C=O) groups excluding carboxylic acids is 1. The Labute approximate surface area is 188 Å². The van der Waals surface area contributed by atoms with Crippen molar-refractivity contribution in [1.82, 2.24) is 9.97 Å². The quantitative estimate of drug-likeness (QED) is 0.510. The largest absolute Gasteiger partial charge is 0.364 e. The Morgan fingerprint density at radius 2 is 1.97 bits per heavy atom. The number of carbonyl (C=O) groups is 1. The van der Waals surface area contributed by atoms with Crippen molar-refractivity contribution in [2.24, 2.45) is 5.73 Å². The van der Waals surface area contributed by atoms with Gasteiger partial charge in [0.25, 0.3) is 5.91 Å². The first-order valence-electron chi connectivity index (χ1n) is 10.6. The second-order valence-electron chi connectivity index (χ2n) is 8.48. The van der Waals surface area contributed by atoms with Crippen molar-refractivity contribution in [2.45, 2.75) is 57.3 Å². The second-order valence-corrected chi connectivity index (χ2v) is 8.48. The smallest absolute Gasteiger partial charge is 0.268 e. The number of rotatable bonds is 3. The van der Waals surface area contributed by atoms with Gasteiger partial charge in [-0.3, -0.25) is 14.6 Å². The molecule has 0 radical (unpaired) electrons. The van der Waals surface area contributed by atoms with E-state index in [4.69, 9.17) is 5.73 Å². The lowest BCUT2D eigenvalue weighted by atomic mass is 9.84. The molecule has 1 amide bonds. The summed E-state index contributed by atoms with van der Waals surface area (Å²) in [6.45, 7) is 3.66. The molecule has 9 heteroatoms. The van der Waals surface area contributed by atoms with Gasteiger partial charge in [0.15, 0.2) is 17.1 Å². The molecule has 1 fully saturated rings. The van der Waals surface area contributed by atoms with Gasteiger partial charge >= 0.3 is 0 Å². The number of nitrogens with zero attached hydrogens (tertiary/aromatic N) is 1. The number of nitrogens with two attached hydrogens (primary N) is 1. The lowest BCUT2D eigenvalue weighted by molar-refractivity contribution is -0.0412. The Kier molecular flexibility index (Phi) is 7.19. The average molecular weight is 463 g/mol. The van der Waals surface area contributed by atoms with E-state index >= 15 is 0 Å². The van der Waals surface area contributed by atoms with Gasteiger partial charge in [-0.2, -0.15) is 0 Å². The number of aromatic amines is 1. The molecule has 5 nitrogen and oxygen atoms in total. The fraction of sp³-hybridized carbons (Fsp3) is 0.375. The van der Waals surface area contributed by atoms with Crippen LogP contribution in [0, 0.1) is 11.6 Å². The minimum atomic E-state index is -2.70. The number of hydrogen-bond donors (Lipinski definition) is 2. The minimum Gasteiger partial charge on any atom is -0.364 e. The predicted octanol–water partition coefficient (Wildman–Crippen LogP) is 5.40. The van der Waals surface area contributed by atoms with E-state index in [0.717, 1.165) is 6.07 Å². The summed E-state index contributed by atoms with van der Waals surface area (Å²) in [5.74, 6) is -5.35. The first-order valence-corrected chi connectivity index (χ1v) is 10.6. The van der Waals surface area contributed by atoms with E-state index in [2.05, 4.69) is 9.97 Å². The van der Waals surface area contributed by atoms with E-state index in [0.29, 0.717) is 29.6 Å². The molecule has 0 unspecified atom stereocenters. The van der Waals surface area contributed by atoms with Crippen molar-refractivity contribution in [3.63, 3.8) is 0 Å². The van der Waals surface area contributed by atoms with E-state index < -0.39 is 34.8 Å². The predicted molar refractivity (Wildman–Crippen MR) is 117 cm³/mol. The highest BCUT2D eigenvalue weighted by Gasteiger charge is 2.37. The number of H-pyrrole nitrogens is 1. The molecule has 0 spiro atoms. The fourth-order valence-electron chi connectivity index (χ4n) is 4.03. The third kappa shape index (κ3) is 5.58. The van der Waals surface area contributed by atoms with Crippen molar-refractivity contribution in [2.75, 3.05) is 0 Å². The molecule has 1 aliphatic carbocycles. The van der Waals surface area contributed by atoms with Crippen molar-refractivity contribution >= 4 is 16.8 Å². The number of fused-ring (bicyclic) bond motifs is 1. The topological polar surface area (TPSA) is 88.8 Å². The molecule has 0 saturated heterocycles. The molecule has 1 saturated carbocycles. The van der Waals surface area contributed by atoms with Gasteiger partial charge in [0.2, 0.25) is 5.92 Å². The fourth-order valence-corrected chi connectivity index (χ4v) is 4.03. The molecule has 3 N–H and O–H groups in total. The molecule has 33 heavy (non-hydrogen) atoms. The minimum absolute atomic E-state index is 0.0331. The summed E-state index contributed by atoms with van der Waals surface area (Å²) in [7, 11) is 0. The van der Waals surface area contributed by atoms with Crippen LogP contribution < -0.4 is 11.2 Å². The van der Waals surface area contributed by atoms with Crippen LogP contribution in [0.25, 0.3) is 10.9 Å².